The van der Waals surface area contributed by atoms with Gasteiger partial charge in [-0.15, -0.1) is 0 Å². The van der Waals surface area contributed by atoms with E-state index in [2.05, 4.69) is 15.0 Å². The Morgan fingerprint density at radius 2 is 1.79 bits per heavy atom. The number of aromatic amines is 1. The van der Waals surface area contributed by atoms with E-state index in [0.717, 1.165) is 16.7 Å². The van der Waals surface area contributed by atoms with Gasteiger partial charge in [0.2, 0.25) is 5.88 Å². The van der Waals surface area contributed by atoms with Crippen molar-refractivity contribution in [1.29, 1.82) is 0 Å². The summed E-state index contributed by atoms with van der Waals surface area (Å²) >= 11 is 0. The number of nitrogens with one attached hydrogen (secondary N) is 1. The zero-order valence-electron chi connectivity index (χ0n) is 16.2. The van der Waals surface area contributed by atoms with E-state index >= 15 is 0 Å². The summed E-state index contributed by atoms with van der Waals surface area (Å²) in [4.78, 5) is 16.9. The summed E-state index contributed by atoms with van der Waals surface area (Å²) in [7, 11) is -1.74. The van der Waals surface area contributed by atoms with Gasteiger partial charge >= 0.3 is 0 Å². The summed E-state index contributed by atoms with van der Waals surface area (Å²) in [5.41, 5.74) is 4.41. The summed E-state index contributed by atoms with van der Waals surface area (Å²) in [6.07, 6.45) is 5.16. The summed E-state index contributed by atoms with van der Waals surface area (Å²) in [6, 6.07) is 10.5. The van der Waals surface area contributed by atoms with Crippen molar-refractivity contribution in [2.45, 2.75) is 24.0 Å². The third kappa shape index (κ3) is 3.36. The van der Waals surface area contributed by atoms with E-state index in [0.29, 0.717) is 27.6 Å². The fraction of sp³-hybridized carbons (Fsp3) is 0.190. The predicted molar refractivity (Wildman–Crippen MR) is 111 cm³/mol. The highest BCUT2D eigenvalue weighted by Gasteiger charge is 2.19. The zero-order valence-corrected chi connectivity index (χ0v) is 17.1. The minimum atomic E-state index is -3.31. The van der Waals surface area contributed by atoms with Crippen LogP contribution in [0, 0.1) is 0 Å². The number of rotatable bonds is 5. The van der Waals surface area contributed by atoms with Crippen LogP contribution in [0.5, 0.6) is 5.88 Å². The summed E-state index contributed by atoms with van der Waals surface area (Å²) < 4.78 is 30.0. The lowest BCUT2D eigenvalue weighted by Gasteiger charge is -2.09. The predicted octanol–water partition coefficient (Wildman–Crippen LogP) is 3.88. The first kappa shape index (κ1) is 19.1. The maximum absolute atomic E-state index is 12.3. The summed E-state index contributed by atoms with van der Waals surface area (Å²) in [5.74, 6) is 0.504. The van der Waals surface area contributed by atoms with Crippen molar-refractivity contribution >= 4 is 21.0 Å². The Hall–Kier alpha value is -3.26. The molecule has 0 spiro atoms. The molecule has 0 atom stereocenters. The van der Waals surface area contributed by atoms with Gasteiger partial charge < -0.3 is 9.72 Å². The van der Waals surface area contributed by atoms with Crippen molar-refractivity contribution < 1.29 is 13.2 Å². The van der Waals surface area contributed by atoms with Gasteiger partial charge in [-0.25, -0.2) is 23.4 Å². The molecular weight excluding hydrogens is 388 g/mol. The highest BCUT2D eigenvalue weighted by atomic mass is 32.2. The van der Waals surface area contributed by atoms with E-state index in [1.165, 1.54) is 0 Å². The Balaban J connectivity index is 1.79. The summed E-state index contributed by atoms with van der Waals surface area (Å²) in [5, 5.41) is -0.471. The van der Waals surface area contributed by atoms with Gasteiger partial charge in [-0.05, 0) is 38.1 Å². The number of sulfone groups is 1. The highest BCUT2D eigenvalue weighted by molar-refractivity contribution is 7.92. The lowest BCUT2D eigenvalue weighted by atomic mass is 10.1. The molecule has 4 aromatic rings. The standard InChI is InChI=1S/C21H20N4O3S/c1-13(2)29(26,27)15-8-6-14(7-9-15)18-12-24-20-19(25-18)17(11-23-20)16-5-4-10-22-21(16)28-3/h4-13H,1-3H3,(H,23,24). The second-order valence-electron chi connectivity index (χ2n) is 6.83. The molecule has 3 heterocycles. The molecule has 0 unspecified atom stereocenters. The number of fused-ring (bicyclic) bond motifs is 1. The Bertz CT molecular complexity index is 1280. The van der Waals surface area contributed by atoms with Crippen LogP contribution in [-0.2, 0) is 9.84 Å². The highest BCUT2D eigenvalue weighted by Crippen LogP contribution is 2.33. The Labute approximate surface area is 168 Å². The van der Waals surface area contributed by atoms with Crippen molar-refractivity contribution in [3.8, 4) is 28.3 Å². The third-order valence-corrected chi connectivity index (χ3v) is 6.91. The lowest BCUT2D eigenvalue weighted by molar-refractivity contribution is 0.400. The van der Waals surface area contributed by atoms with Gasteiger partial charge in [-0.2, -0.15) is 0 Å². The van der Waals surface area contributed by atoms with Crippen molar-refractivity contribution in [2.75, 3.05) is 7.11 Å². The SMILES string of the molecule is COc1ncccc1-c1c[nH]c2ncc(-c3ccc(S(=O)(=O)C(C)C)cc3)nc12. The van der Waals surface area contributed by atoms with E-state index in [1.54, 1.807) is 57.6 Å². The van der Waals surface area contributed by atoms with Gasteiger partial charge in [0.15, 0.2) is 15.5 Å². The average molecular weight is 408 g/mol. The van der Waals surface area contributed by atoms with Crippen LogP contribution in [0.25, 0.3) is 33.5 Å². The van der Waals surface area contributed by atoms with E-state index in [4.69, 9.17) is 9.72 Å². The topological polar surface area (TPSA) is 97.8 Å². The van der Waals surface area contributed by atoms with Crippen molar-refractivity contribution in [3.05, 3.63) is 55.0 Å². The van der Waals surface area contributed by atoms with Crippen molar-refractivity contribution in [3.63, 3.8) is 0 Å². The van der Waals surface area contributed by atoms with E-state index in [9.17, 15) is 8.42 Å². The zero-order chi connectivity index (χ0) is 20.6. The molecular formula is C21H20N4O3S. The molecule has 1 aromatic carbocycles. The van der Waals surface area contributed by atoms with Gasteiger partial charge in [0.05, 0.1) is 29.1 Å². The largest absolute Gasteiger partial charge is 0.481 e. The number of ether oxygens (including phenoxy) is 1. The van der Waals surface area contributed by atoms with Crippen LogP contribution in [0.15, 0.2) is 59.9 Å². The number of hydrogen-bond acceptors (Lipinski definition) is 6. The van der Waals surface area contributed by atoms with Gasteiger partial charge in [0, 0.05) is 29.1 Å². The maximum atomic E-state index is 12.3. The van der Waals surface area contributed by atoms with Crippen LogP contribution in [0.4, 0.5) is 0 Å². The Morgan fingerprint density at radius 3 is 2.48 bits per heavy atom. The number of H-pyrrole nitrogens is 1. The lowest BCUT2D eigenvalue weighted by Crippen LogP contribution is -2.13. The molecule has 7 nitrogen and oxygen atoms in total. The summed E-state index contributed by atoms with van der Waals surface area (Å²) in [6.45, 7) is 3.34. The normalized spacial score (nSPS) is 11.9. The number of nitrogens with zero attached hydrogens (tertiary/aromatic N) is 3. The van der Waals surface area contributed by atoms with Crippen LogP contribution >= 0.6 is 0 Å². The molecule has 0 fully saturated rings. The van der Waals surface area contributed by atoms with Crippen molar-refractivity contribution in [1.82, 2.24) is 19.9 Å². The number of hydrogen-bond donors (Lipinski definition) is 1. The first-order chi connectivity index (χ1) is 13.9. The number of benzene rings is 1. The first-order valence-corrected chi connectivity index (χ1v) is 10.6. The van der Waals surface area contributed by atoms with Gasteiger partial charge in [0.1, 0.15) is 5.52 Å². The molecule has 29 heavy (non-hydrogen) atoms. The molecule has 0 saturated carbocycles. The molecule has 0 bridgehead atoms. The monoisotopic (exact) mass is 408 g/mol. The van der Waals surface area contributed by atoms with Gasteiger partial charge in [0.25, 0.3) is 0 Å². The van der Waals surface area contributed by atoms with Crippen LogP contribution in [0.3, 0.4) is 0 Å². The molecule has 1 N–H and O–H groups in total. The third-order valence-electron chi connectivity index (χ3n) is 4.73. The van der Waals surface area contributed by atoms with Crippen LogP contribution < -0.4 is 4.74 Å². The average Bonchev–Trinajstić information content (AvgIpc) is 3.16. The second kappa shape index (κ2) is 7.29. The Morgan fingerprint density at radius 1 is 1.03 bits per heavy atom. The van der Waals surface area contributed by atoms with Crippen LogP contribution in [0.2, 0.25) is 0 Å². The van der Waals surface area contributed by atoms with E-state index in [-0.39, 0.29) is 0 Å². The van der Waals surface area contributed by atoms with Crippen LogP contribution in [-0.4, -0.2) is 40.7 Å². The minimum Gasteiger partial charge on any atom is -0.481 e. The molecule has 0 radical (unpaired) electrons. The second-order valence-corrected chi connectivity index (χ2v) is 9.34. The quantitative estimate of drug-likeness (QED) is 0.538. The molecule has 4 rings (SSSR count). The van der Waals surface area contributed by atoms with Crippen molar-refractivity contribution in [2.24, 2.45) is 0 Å². The number of aromatic nitrogens is 4. The fourth-order valence-electron chi connectivity index (χ4n) is 3.08. The van der Waals surface area contributed by atoms with Gasteiger partial charge in [-0.1, -0.05) is 12.1 Å². The van der Waals surface area contributed by atoms with Crippen LogP contribution in [0.1, 0.15) is 13.8 Å². The number of methoxy groups -OCH3 is 1. The molecule has 3 aromatic heterocycles. The van der Waals surface area contributed by atoms with E-state index < -0.39 is 15.1 Å². The first-order valence-electron chi connectivity index (χ1n) is 9.09. The molecule has 0 saturated heterocycles. The molecule has 0 aliphatic carbocycles. The number of pyridine rings is 1. The smallest absolute Gasteiger partial charge is 0.221 e. The fourth-order valence-corrected chi connectivity index (χ4v) is 4.14. The van der Waals surface area contributed by atoms with E-state index in [1.807, 2.05) is 18.3 Å². The van der Waals surface area contributed by atoms with Gasteiger partial charge in [-0.3, -0.25) is 0 Å². The Kier molecular flexibility index (Phi) is 4.79. The molecule has 8 heteroatoms. The minimum absolute atomic E-state index is 0.299. The molecule has 0 amide bonds. The maximum Gasteiger partial charge on any atom is 0.221 e. The molecule has 0 aliphatic heterocycles. The molecule has 0 aliphatic rings. The molecule has 148 valence electrons.